The van der Waals surface area contributed by atoms with Gasteiger partial charge in [0.1, 0.15) is 5.82 Å². The summed E-state index contributed by atoms with van der Waals surface area (Å²) in [6.07, 6.45) is 2.73. The van der Waals surface area contributed by atoms with Gasteiger partial charge in [-0.05, 0) is 60.7 Å². The van der Waals surface area contributed by atoms with Crippen molar-refractivity contribution in [2.24, 2.45) is 0 Å². The Kier molecular flexibility index (Phi) is 6.44. The SMILES string of the molecule is C=CC(=O)N1CCC(CO)(NC(=O)c2cccc(Cc3cccc(F)c3)c2)CC1. The summed E-state index contributed by atoms with van der Waals surface area (Å²) in [6.45, 7) is 4.20. The number of likely N-dealkylation sites (tertiary alicyclic amines) is 1. The molecular formula is C23H25FN2O3. The van der Waals surface area contributed by atoms with Crippen LogP contribution >= 0.6 is 0 Å². The quantitative estimate of drug-likeness (QED) is 0.738. The number of rotatable bonds is 6. The molecule has 29 heavy (non-hydrogen) atoms. The average molecular weight is 396 g/mol. The first kappa shape index (κ1) is 20.7. The normalized spacial score (nSPS) is 15.6. The van der Waals surface area contributed by atoms with Gasteiger partial charge in [0.15, 0.2) is 0 Å². The van der Waals surface area contributed by atoms with Gasteiger partial charge in [0.2, 0.25) is 5.91 Å². The van der Waals surface area contributed by atoms with Crippen LogP contribution in [0.4, 0.5) is 4.39 Å². The predicted octanol–water partition coefficient (Wildman–Crippen LogP) is 2.69. The maximum absolute atomic E-state index is 13.4. The largest absolute Gasteiger partial charge is 0.394 e. The molecule has 3 rings (SSSR count). The van der Waals surface area contributed by atoms with Gasteiger partial charge in [-0.25, -0.2) is 4.39 Å². The second-order valence-electron chi connectivity index (χ2n) is 7.43. The van der Waals surface area contributed by atoms with E-state index in [0.29, 0.717) is 37.9 Å². The van der Waals surface area contributed by atoms with Gasteiger partial charge in [-0.3, -0.25) is 9.59 Å². The van der Waals surface area contributed by atoms with Gasteiger partial charge in [0, 0.05) is 18.7 Å². The Labute approximate surface area is 169 Å². The summed E-state index contributed by atoms with van der Waals surface area (Å²) in [4.78, 5) is 26.2. The smallest absolute Gasteiger partial charge is 0.251 e. The van der Waals surface area contributed by atoms with Crippen LogP contribution < -0.4 is 5.32 Å². The van der Waals surface area contributed by atoms with E-state index in [9.17, 15) is 19.1 Å². The minimum atomic E-state index is -0.756. The number of carbonyl (C=O) groups excluding carboxylic acids is 2. The zero-order valence-electron chi connectivity index (χ0n) is 16.2. The van der Waals surface area contributed by atoms with Crippen LogP contribution in [0.15, 0.2) is 61.2 Å². The highest BCUT2D eigenvalue weighted by atomic mass is 19.1. The fraction of sp³-hybridized carbons (Fsp3) is 0.304. The highest BCUT2D eigenvalue weighted by Gasteiger charge is 2.36. The van der Waals surface area contributed by atoms with E-state index in [4.69, 9.17) is 0 Å². The fourth-order valence-electron chi connectivity index (χ4n) is 3.63. The highest BCUT2D eigenvalue weighted by Crippen LogP contribution is 2.23. The standard InChI is InChI=1S/C23H25FN2O3/c1-2-21(28)26-11-9-23(16-27,10-12-26)25-22(29)19-7-3-5-17(14-19)13-18-6-4-8-20(24)15-18/h2-8,14-15,27H,1,9-13,16H2,(H,25,29). The van der Waals surface area contributed by atoms with Crippen molar-refractivity contribution >= 4 is 11.8 Å². The molecule has 5 nitrogen and oxygen atoms in total. The molecule has 0 bridgehead atoms. The van der Waals surface area contributed by atoms with Crippen LogP contribution in [-0.4, -0.2) is 47.1 Å². The number of hydrogen-bond donors (Lipinski definition) is 2. The first-order valence-corrected chi connectivity index (χ1v) is 9.63. The van der Waals surface area contributed by atoms with Crippen LogP contribution in [0.1, 0.15) is 34.3 Å². The van der Waals surface area contributed by atoms with Crippen LogP contribution in [0, 0.1) is 5.82 Å². The third-order valence-corrected chi connectivity index (χ3v) is 5.37. The molecule has 0 atom stereocenters. The van der Waals surface area contributed by atoms with Crippen LogP contribution in [0.3, 0.4) is 0 Å². The first-order chi connectivity index (χ1) is 13.9. The lowest BCUT2D eigenvalue weighted by atomic mass is 9.87. The molecule has 2 aromatic carbocycles. The van der Waals surface area contributed by atoms with E-state index in [1.165, 1.54) is 18.2 Å². The van der Waals surface area contributed by atoms with Gasteiger partial charge >= 0.3 is 0 Å². The number of hydrogen-bond acceptors (Lipinski definition) is 3. The molecule has 0 aromatic heterocycles. The molecule has 152 valence electrons. The van der Waals surface area contributed by atoms with Crippen LogP contribution in [0.5, 0.6) is 0 Å². The Morgan fingerprint density at radius 1 is 1.14 bits per heavy atom. The van der Waals surface area contributed by atoms with Crippen molar-refractivity contribution in [2.45, 2.75) is 24.8 Å². The van der Waals surface area contributed by atoms with Crippen molar-refractivity contribution in [3.05, 3.63) is 83.7 Å². The third-order valence-electron chi connectivity index (χ3n) is 5.37. The van der Waals surface area contributed by atoms with Gasteiger partial charge in [-0.2, -0.15) is 0 Å². The predicted molar refractivity (Wildman–Crippen MR) is 109 cm³/mol. The van der Waals surface area contributed by atoms with Crippen LogP contribution in [-0.2, 0) is 11.2 Å². The Balaban J connectivity index is 1.68. The molecule has 1 fully saturated rings. The van der Waals surface area contributed by atoms with E-state index >= 15 is 0 Å². The number of benzene rings is 2. The summed E-state index contributed by atoms with van der Waals surface area (Å²) in [6, 6.07) is 13.6. The molecule has 2 N–H and O–H groups in total. The molecule has 1 heterocycles. The maximum Gasteiger partial charge on any atom is 0.251 e. The number of piperidine rings is 1. The van der Waals surface area contributed by atoms with Gasteiger partial charge in [-0.15, -0.1) is 0 Å². The molecule has 6 heteroatoms. The summed E-state index contributed by atoms with van der Waals surface area (Å²) < 4.78 is 13.4. The number of halogens is 1. The monoisotopic (exact) mass is 396 g/mol. The summed E-state index contributed by atoms with van der Waals surface area (Å²) in [5, 5.41) is 12.9. The molecule has 1 aliphatic heterocycles. The first-order valence-electron chi connectivity index (χ1n) is 9.63. The molecule has 0 radical (unpaired) electrons. The van der Waals surface area contributed by atoms with Crippen molar-refractivity contribution in [3.63, 3.8) is 0 Å². The van der Waals surface area contributed by atoms with Crippen molar-refractivity contribution in [1.29, 1.82) is 0 Å². The molecule has 0 aliphatic carbocycles. The van der Waals surface area contributed by atoms with E-state index in [2.05, 4.69) is 11.9 Å². The Morgan fingerprint density at radius 2 is 1.79 bits per heavy atom. The molecule has 1 saturated heterocycles. The Hall–Kier alpha value is -2.99. The maximum atomic E-state index is 13.4. The number of amides is 2. The molecule has 2 aromatic rings. The Morgan fingerprint density at radius 3 is 2.41 bits per heavy atom. The fourth-order valence-corrected chi connectivity index (χ4v) is 3.63. The van der Waals surface area contributed by atoms with Gasteiger partial charge < -0.3 is 15.3 Å². The lowest BCUT2D eigenvalue weighted by Gasteiger charge is -2.41. The second-order valence-corrected chi connectivity index (χ2v) is 7.43. The van der Waals surface area contributed by atoms with Crippen molar-refractivity contribution in [1.82, 2.24) is 10.2 Å². The third kappa shape index (κ3) is 5.09. The van der Waals surface area contributed by atoms with Crippen LogP contribution in [0.25, 0.3) is 0 Å². The number of nitrogens with one attached hydrogen (secondary N) is 1. The van der Waals surface area contributed by atoms with Gasteiger partial charge in [0.05, 0.1) is 12.1 Å². The lowest BCUT2D eigenvalue weighted by Crippen LogP contribution is -2.58. The van der Waals surface area contributed by atoms with E-state index in [-0.39, 0.29) is 24.2 Å². The van der Waals surface area contributed by atoms with Gasteiger partial charge in [0.25, 0.3) is 5.91 Å². The van der Waals surface area contributed by atoms with Crippen molar-refractivity contribution in [3.8, 4) is 0 Å². The molecule has 0 spiro atoms. The zero-order valence-corrected chi connectivity index (χ0v) is 16.2. The molecule has 0 unspecified atom stereocenters. The second kappa shape index (κ2) is 9.01. The number of aliphatic hydroxyl groups excluding tert-OH is 1. The van der Waals surface area contributed by atoms with Crippen LogP contribution in [0.2, 0.25) is 0 Å². The van der Waals surface area contributed by atoms with Crippen molar-refractivity contribution < 1.29 is 19.1 Å². The average Bonchev–Trinajstić information content (AvgIpc) is 2.74. The summed E-state index contributed by atoms with van der Waals surface area (Å²) in [5.41, 5.74) is 1.45. The molecule has 2 amide bonds. The topological polar surface area (TPSA) is 69.6 Å². The zero-order chi connectivity index (χ0) is 20.9. The molecular weight excluding hydrogens is 371 g/mol. The Bertz CT molecular complexity index is 905. The van der Waals surface area contributed by atoms with Crippen molar-refractivity contribution in [2.75, 3.05) is 19.7 Å². The lowest BCUT2D eigenvalue weighted by molar-refractivity contribution is -0.127. The summed E-state index contributed by atoms with van der Waals surface area (Å²) in [7, 11) is 0. The summed E-state index contributed by atoms with van der Waals surface area (Å²) >= 11 is 0. The molecule has 0 saturated carbocycles. The minimum absolute atomic E-state index is 0.145. The van der Waals surface area contributed by atoms with E-state index in [1.54, 1.807) is 29.2 Å². The highest BCUT2D eigenvalue weighted by molar-refractivity contribution is 5.95. The van der Waals surface area contributed by atoms with E-state index < -0.39 is 5.54 Å². The number of aliphatic hydroxyl groups is 1. The number of nitrogens with zero attached hydrogens (tertiary/aromatic N) is 1. The van der Waals surface area contributed by atoms with E-state index in [0.717, 1.165) is 11.1 Å². The number of carbonyl (C=O) groups is 2. The van der Waals surface area contributed by atoms with E-state index in [1.807, 2.05) is 12.1 Å². The summed E-state index contributed by atoms with van der Waals surface area (Å²) in [5.74, 6) is -0.709. The molecule has 1 aliphatic rings. The minimum Gasteiger partial charge on any atom is -0.394 e. The van der Waals surface area contributed by atoms with Gasteiger partial charge in [-0.1, -0.05) is 30.8 Å².